The minimum atomic E-state index is 0.617. The zero-order chi connectivity index (χ0) is 11.8. The molecule has 0 unspecified atom stereocenters. The van der Waals surface area contributed by atoms with Crippen LogP contribution in [0, 0.1) is 5.92 Å². The first-order chi connectivity index (χ1) is 7.15. The van der Waals surface area contributed by atoms with Crippen LogP contribution in [0.1, 0.15) is 54.4 Å². The molecule has 0 aromatic rings. The highest BCUT2D eigenvalue weighted by atomic mass is 16.5. The van der Waals surface area contributed by atoms with E-state index in [1.165, 1.54) is 24.0 Å². The summed E-state index contributed by atoms with van der Waals surface area (Å²) in [5.74, 6) is 1.74. The first kappa shape index (κ1) is 14.3. The fraction of sp³-hybridized carbons (Fsp3) is 0.714. The van der Waals surface area contributed by atoms with Crippen LogP contribution in [0.3, 0.4) is 0 Å². The monoisotopic (exact) mass is 210 g/mol. The van der Waals surface area contributed by atoms with E-state index in [0.29, 0.717) is 5.92 Å². The number of hydrogen-bond donors (Lipinski definition) is 0. The molecule has 0 saturated carbocycles. The molecule has 0 spiro atoms. The molecule has 88 valence electrons. The van der Waals surface area contributed by atoms with Crippen molar-refractivity contribution in [3.05, 3.63) is 23.0 Å². The molecule has 0 radical (unpaired) electrons. The normalized spacial score (nSPS) is 15.8. The van der Waals surface area contributed by atoms with Gasteiger partial charge in [0.1, 0.15) is 5.76 Å². The van der Waals surface area contributed by atoms with Crippen molar-refractivity contribution in [2.75, 3.05) is 6.61 Å². The van der Waals surface area contributed by atoms with Crippen molar-refractivity contribution >= 4 is 0 Å². The first-order valence-corrected chi connectivity index (χ1v) is 6.18. The average molecular weight is 210 g/mol. The second-order valence-corrected chi connectivity index (χ2v) is 3.97. The Labute approximate surface area is 95.2 Å². The minimum Gasteiger partial charge on any atom is -0.494 e. The Kier molecular flexibility index (Phi) is 7.19. The lowest BCUT2D eigenvalue weighted by molar-refractivity contribution is 0.232. The number of ether oxygens (including phenoxy) is 1. The molecule has 0 bridgehead atoms. The summed E-state index contributed by atoms with van der Waals surface area (Å²) in [5.41, 5.74) is 2.92. The molecule has 1 rings (SSSR count). The zero-order valence-electron chi connectivity index (χ0n) is 11.2. The van der Waals surface area contributed by atoms with Crippen LogP contribution in [0.2, 0.25) is 0 Å². The molecule has 0 aliphatic heterocycles. The summed E-state index contributed by atoms with van der Waals surface area (Å²) in [6.07, 6.45) is 4.57. The van der Waals surface area contributed by atoms with Gasteiger partial charge in [-0.25, -0.2) is 0 Å². The van der Waals surface area contributed by atoms with E-state index in [1.54, 1.807) is 0 Å². The molecular formula is C14H26O. The molecule has 1 nitrogen and oxygen atoms in total. The number of hydrogen-bond acceptors (Lipinski definition) is 1. The standard InChI is InChI=1S/C12H20O.C2H6/c1-5-13-12-8-10(4)6-7-11(12)9(2)3;1-2/h8-9H,5-7H2,1-4H3;1-2H3. The lowest BCUT2D eigenvalue weighted by Gasteiger charge is -2.21. The van der Waals surface area contributed by atoms with Gasteiger partial charge in [0.25, 0.3) is 0 Å². The Morgan fingerprint density at radius 1 is 1.27 bits per heavy atom. The summed E-state index contributed by atoms with van der Waals surface area (Å²) in [7, 11) is 0. The van der Waals surface area contributed by atoms with E-state index in [4.69, 9.17) is 4.74 Å². The van der Waals surface area contributed by atoms with Crippen molar-refractivity contribution in [1.29, 1.82) is 0 Å². The summed E-state index contributed by atoms with van der Waals surface area (Å²) in [4.78, 5) is 0. The molecule has 0 atom stereocenters. The molecule has 0 N–H and O–H groups in total. The van der Waals surface area contributed by atoms with Gasteiger partial charge in [-0.2, -0.15) is 0 Å². The van der Waals surface area contributed by atoms with Gasteiger partial charge in [-0.05, 0) is 44.3 Å². The molecule has 1 aliphatic carbocycles. The fourth-order valence-electron chi connectivity index (χ4n) is 1.71. The third-order valence-corrected chi connectivity index (χ3v) is 2.48. The Balaban J connectivity index is 0.000000921. The zero-order valence-corrected chi connectivity index (χ0v) is 11.2. The second-order valence-electron chi connectivity index (χ2n) is 3.97. The van der Waals surface area contributed by atoms with Crippen LogP contribution in [-0.2, 0) is 4.74 Å². The lowest BCUT2D eigenvalue weighted by atomic mass is 9.90. The molecule has 0 heterocycles. The summed E-state index contributed by atoms with van der Waals surface area (Å²) in [6.45, 7) is 13.5. The smallest absolute Gasteiger partial charge is 0.118 e. The third kappa shape index (κ3) is 4.55. The van der Waals surface area contributed by atoms with Crippen molar-refractivity contribution < 1.29 is 4.74 Å². The van der Waals surface area contributed by atoms with Gasteiger partial charge in [0.2, 0.25) is 0 Å². The quantitative estimate of drug-likeness (QED) is 0.656. The number of allylic oxidation sites excluding steroid dienone is 3. The highest BCUT2D eigenvalue weighted by Crippen LogP contribution is 2.29. The van der Waals surface area contributed by atoms with E-state index < -0.39 is 0 Å². The fourth-order valence-corrected chi connectivity index (χ4v) is 1.71. The average Bonchev–Trinajstić information content (AvgIpc) is 2.21. The summed E-state index contributed by atoms with van der Waals surface area (Å²) < 4.78 is 5.63. The number of rotatable bonds is 3. The van der Waals surface area contributed by atoms with Gasteiger partial charge in [-0.1, -0.05) is 33.3 Å². The molecule has 0 fully saturated rings. The van der Waals surface area contributed by atoms with Gasteiger partial charge in [-0.3, -0.25) is 0 Å². The maximum Gasteiger partial charge on any atom is 0.118 e. The molecule has 0 aromatic heterocycles. The van der Waals surface area contributed by atoms with E-state index in [-0.39, 0.29) is 0 Å². The maximum atomic E-state index is 5.63. The Hall–Kier alpha value is -0.720. The van der Waals surface area contributed by atoms with Crippen LogP contribution in [0.5, 0.6) is 0 Å². The third-order valence-electron chi connectivity index (χ3n) is 2.48. The van der Waals surface area contributed by atoms with Gasteiger partial charge in [-0.15, -0.1) is 0 Å². The molecule has 1 heteroatoms. The van der Waals surface area contributed by atoms with Crippen LogP contribution in [0.15, 0.2) is 23.0 Å². The molecular weight excluding hydrogens is 184 g/mol. The highest BCUT2D eigenvalue weighted by molar-refractivity contribution is 5.29. The van der Waals surface area contributed by atoms with Gasteiger partial charge in [0, 0.05) is 0 Å². The van der Waals surface area contributed by atoms with Crippen molar-refractivity contribution in [3.8, 4) is 0 Å². The predicted molar refractivity (Wildman–Crippen MR) is 67.8 cm³/mol. The Morgan fingerprint density at radius 2 is 1.87 bits per heavy atom. The van der Waals surface area contributed by atoms with Crippen molar-refractivity contribution in [2.45, 2.75) is 54.4 Å². The molecule has 1 aliphatic rings. The van der Waals surface area contributed by atoms with Crippen LogP contribution < -0.4 is 0 Å². The molecule has 15 heavy (non-hydrogen) atoms. The largest absolute Gasteiger partial charge is 0.494 e. The van der Waals surface area contributed by atoms with Gasteiger partial charge < -0.3 is 4.74 Å². The van der Waals surface area contributed by atoms with Crippen molar-refractivity contribution in [2.24, 2.45) is 5.92 Å². The summed E-state index contributed by atoms with van der Waals surface area (Å²) in [6, 6.07) is 0. The Morgan fingerprint density at radius 3 is 2.33 bits per heavy atom. The Bertz CT molecular complexity index is 234. The van der Waals surface area contributed by atoms with E-state index >= 15 is 0 Å². The first-order valence-electron chi connectivity index (χ1n) is 6.18. The molecule has 0 amide bonds. The van der Waals surface area contributed by atoms with E-state index in [9.17, 15) is 0 Å². The van der Waals surface area contributed by atoms with Crippen LogP contribution in [-0.4, -0.2) is 6.61 Å². The second kappa shape index (κ2) is 7.56. The van der Waals surface area contributed by atoms with Crippen LogP contribution in [0.25, 0.3) is 0 Å². The predicted octanol–water partition coefficient (Wildman–Crippen LogP) is 4.70. The molecule has 0 saturated heterocycles. The summed E-state index contributed by atoms with van der Waals surface area (Å²) >= 11 is 0. The van der Waals surface area contributed by atoms with Gasteiger partial charge in [0.15, 0.2) is 0 Å². The van der Waals surface area contributed by atoms with Crippen molar-refractivity contribution in [1.82, 2.24) is 0 Å². The lowest BCUT2D eigenvalue weighted by Crippen LogP contribution is -2.06. The van der Waals surface area contributed by atoms with Crippen LogP contribution in [0.4, 0.5) is 0 Å². The minimum absolute atomic E-state index is 0.617. The summed E-state index contributed by atoms with van der Waals surface area (Å²) in [5, 5.41) is 0. The molecule has 0 aromatic carbocycles. The van der Waals surface area contributed by atoms with E-state index in [1.807, 2.05) is 20.8 Å². The van der Waals surface area contributed by atoms with Gasteiger partial charge >= 0.3 is 0 Å². The van der Waals surface area contributed by atoms with E-state index in [0.717, 1.165) is 12.4 Å². The topological polar surface area (TPSA) is 9.23 Å². The van der Waals surface area contributed by atoms with Crippen molar-refractivity contribution in [3.63, 3.8) is 0 Å². The van der Waals surface area contributed by atoms with Crippen LogP contribution >= 0.6 is 0 Å². The SMILES string of the molecule is CC.CCOC1=C(C(C)C)CCC(C)=C1. The van der Waals surface area contributed by atoms with E-state index in [2.05, 4.69) is 26.8 Å². The van der Waals surface area contributed by atoms with Gasteiger partial charge in [0.05, 0.1) is 6.61 Å². The maximum absolute atomic E-state index is 5.63. The highest BCUT2D eigenvalue weighted by Gasteiger charge is 2.14.